The van der Waals surface area contributed by atoms with Crippen LogP contribution in [0.15, 0.2) is 35.9 Å². The van der Waals surface area contributed by atoms with Gasteiger partial charge in [-0.3, -0.25) is 14.5 Å². The first-order chi connectivity index (χ1) is 17.0. The summed E-state index contributed by atoms with van der Waals surface area (Å²) in [6.07, 6.45) is 9.58. The first kappa shape index (κ1) is 22.6. The normalized spacial score (nSPS) is 32.5. The maximum absolute atomic E-state index is 13.6. The van der Waals surface area contributed by atoms with Gasteiger partial charge in [0, 0.05) is 19.1 Å². The summed E-state index contributed by atoms with van der Waals surface area (Å²) in [6.45, 7) is 2.96. The van der Waals surface area contributed by atoms with E-state index in [-0.39, 0.29) is 24.3 Å². The highest BCUT2D eigenvalue weighted by Crippen LogP contribution is 2.45. The van der Waals surface area contributed by atoms with Gasteiger partial charge in [-0.05, 0) is 74.8 Å². The Labute approximate surface area is 206 Å². The maximum Gasteiger partial charge on any atom is 0.329 e. The van der Waals surface area contributed by atoms with Crippen molar-refractivity contribution in [1.29, 1.82) is 0 Å². The van der Waals surface area contributed by atoms with E-state index in [1.807, 2.05) is 4.90 Å². The van der Waals surface area contributed by atoms with Crippen LogP contribution in [-0.2, 0) is 9.59 Å². The summed E-state index contributed by atoms with van der Waals surface area (Å²) in [5.74, 6) is 1.32. The molecule has 4 unspecified atom stereocenters. The minimum atomic E-state index is -0.833. The molecule has 1 aromatic rings. The van der Waals surface area contributed by atoms with Gasteiger partial charge in [0.15, 0.2) is 0 Å². The lowest BCUT2D eigenvalue weighted by molar-refractivity contribution is -0.138. The Hall–Kier alpha value is -2.87. The number of nitrogens with one attached hydrogen (secondary N) is 1. The van der Waals surface area contributed by atoms with Gasteiger partial charge in [0.1, 0.15) is 11.8 Å². The number of carbonyl (C=O) groups is 3. The lowest BCUT2D eigenvalue weighted by Crippen LogP contribution is -2.60. The van der Waals surface area contributed by atoms with Crippen molar-refractivity contribution in [2.45, 2.75) is 63.1 Å². The van der Waals surface area contributed by atoms with Crippen molar-refractivity contribution >= 4 is 23.5 Å². The molecule has 0 aromatic heterocycles. The SMILES string of the molecule is COc1ccc(N2C(=O)N[C@@H](CC(=O)N3CCCC4=CC5CC(CN6CCCCC56)C43)C2=O)cc1. The lowest BCUT2D eigenvalue weighted by atomic mass is 9.68. The zero-order valence-electron chi connectivity index (χ0n) is 20.3. The summed E-state index contributed by atoms with van der Waals surface area (Å²) in [5.41, 5.74) is 1.90. The minimum Gasteiger partial charge on any atom is -0.497 e. The smallest absolute Gasteiger partial charge is 0.329 e. The van der Waals surface area contributed by atoms with E-state index in [9.17, 15) is 14.4 Å². The number of anilines is 1. The number of amides is 4. The number of likely N-dealkylation sites (tertiary alicyclic amines) is 1. The summed E-state index contributed by atoms with van der Waals surface area (Å²) in [6, 6.07) is 6.28. The number of rotatable bonds is 4. The van der Waals surface area contributed by atoms with E-state index in [4.69, 9.17) is 4.74 Å². The average Bonchev–Trinajstić information content (AvgIpc) is 3.16. The molecule has 4 heterocycles. The summed E-state index contributed by atoms with van der Waals surface area (Å²) in [5, 5.41) is 2.74. The number of piperidine rings is 3. The maximum atomic E-state index is 13.6. The van der Waals surface area contributed by atoms with E-state index >= 15 is 0 Å². The number of benzene rings is 1. The Bertz CT molecular complexity index is 1050. The van der Waals surface area contributed by atoms with E-state index in [0.717, 1.165) is 37.3 Å². The molecule has 8 heteroatoms. The molecule has 5 aliphatic rings. The molecular weight excluding hydrogens is 444 g/mol. The summed E-state index contributed by atoms with van der Waals surface area (Å²) in [4.78, 5) is 45.2. The number of fused-ring (bicyclic) bond motifs is 6. The van der Waals surface area contributed by atoms with Gasteiger partial charge in [-0.1, -0.05) is 18.1 Å². The van der Waals surface area contributed by atoms with Crippen LogP contribution in [0, 0.1) is 11.8 Å². The molecule has 4 amide bonds. The van der Waals surface area contributed by atoms with E-state index in [0.29, 0.717) is 29.3 Å². The number of ether oxygens (including phenoxy) is 1. The van der Waals surface area contributed by atoms with Crippen molar-refractivity contribution in [3.63, 3.8) is 0 Å². The van der Waals surface area contributed by atoms with Gasteiger partial charge < -0.3 is 15.0 Å². The molecule has 0 spiro atoms. The minimum absolute atomic E-state index is 0.00347. The Balaban J connectivity index is 1.17. The second-order valence-electron chi connectivity index (χ2n) is 10.7. The molecule has 1 aliphatic carbocycles. The van der Waals surface area contributed by atoms with Crippen molar-refractivity contribution in [3.05, 3.63) is 35.9 Å². The predicted octanol–water partition coefficient (Wildman–Crippen LogP) is 2.93. The number of methoxy groups -OCH3 is 1. The van der Waals surface area contributed by atoms with Gasteiger partial charge in [0.05, 0.1) is 25.3 Å². The van der Waals surface area contributed by atoms with Gasteiger partial charge in [-0.2, -0.15) is 0 Å². The fraction of sp³-hybridized carbons (Fsp3) is 0.593. The van der Waals surface area contributed by atoms with Crippen LogP contribution in [0.4, 0.5) is 10.5 Å². The van der Waals surface area contributed by atoms with Gasteiger partial charge >= 0.3 is 6.03 Å². The van der Waals surface area contributed by atoms with E-state index in [1.54, 1.807) is 31.4 Å². The lowest BCUT2D eigenvalue weighted by Gasteiger charge is -2.54. The van der Waals surface area contributed by atoms with Crippen LogP contribution in [0.5, 0.6) is 5.75 Å². The molecule has 4 aliphatic heterocycles. The molecular formula is C27H34N4O4. The van der Waals surface area contributed by atoms with Gasteiger partial charge in [-0.25, -0.2) is 9.69 Å². The fourth-order valence-corrected chi connectivity index (χ4v) is 7.19. The van der Waals surface area contributed by atoms with Crippen LogP contribution in [0.1, 0.15) is 44.9 Å². The van der Waals surface area contributed by atoms with E-state index in [1.165, 1.54) is 31.4 Å². The number of carbonyl (C=O) groups excluding carboxylic acids is 3. The molecule has 0 saturated carbocycles. The zero-order chi connectivity index (χ0) is 24.1. The molecule has 2 bridgehead atoms. The second-order valence-corrected chi connectivity index (χ2v) is 10.7. The molecule has 5 atom stereocenters. The van der Waals surface area contributed by atoms with Crippen LogP contribution in [0.2, 0.25) is 0 Å². The Morgan fingerprint density at radius 2 is 1.94 bits per heavy atom. The summed E-state index contributed by atoms with van der Waals surface area (Å²) >= 11 is 0. The van der Waals surface area contributed by atoms with Crippen molar-refractivity contribution in [2.75, 3.05) is 31.6 Å². The molecule has 186 valence electrons. The monoisotopic (exact) mass is 478 g/mol. The fourth-order valence-electron chi connectivity index (χ4n) is 7.19. The second kappa shape index (κ2) is 8.97. The first-order valence-electron chi connectivity index (χ1n) is 13.1. The molecule has 6 rings (SSSR count). The van der Waals surface area contributed by atoms with Gasteiger partial charge in [0.25, 0.3) is 5.91 Å². The highest BCUT2D eigenvalue weighted by Gasteiger charge is 2.48. The Morgan fingerprint density at radius 3 is 2.74 bits per heavy atom. The Morgan fingerprint density at radius 1 is 1.11 bits per heavy atom. The number of hydrogen-bond acceptors (Lipinski definition) is 5. The van der Waals surface area contributed by atoms with Crippen LogP contribution in [-0.4, -0.2) is 72.5 Å². The average molecular weight is 479 g/mol. The van der Waals surface area contributed by atoms with Crippen LogP contribution < -0.4 is 15.0 Å². The molecule has 4 saturated heterocycles. The largest absolute Gasteiger partial charge is 0.497 e. The van der Waals surface area contributed by atoms with Gasteiger partial charge in [0.2, 0.25) is 5.91 Å². The third kappa shape index (κ3) is 3.92. The third-order valence-electron chi connectivity index (χ3n) is 8.71. The van der Waals surface area contributed by atoms with Crippen molar-refractivity contribution in [3.8, 4) is 5.75 Å². The number of nitrogens with zero attached hydrogens (tertiary/aromatic N) is 3. The van der Waals surface area contributed by atoms with Gasteiger partial charge in [-0.15, -0.1) is 0 Å². The molecule has 35 heavy (non-hydrogen) atoms. The molecule has 1 aromatic carbocycles. The standard InChI is InChI=1S/C27H34N4O4/c1-35-21-9-7-20(8-10-21)31-26(33)22(28-27(31)34)15-24(32)30-12-4-5-17-13-18-14-19(25(17)30)16-29-11-3-2-6-23(18)29/h7-10,13,18-19,22-23,25H,2-6,11-12,14-16H2,1H3,(H,28,34)/t18?,19?,22-,23?,25?/m0/s1. The Kier molecular flexibility index (Phi) is 5.79. The number of urea groups is 1. The van der Waals surface area contributed by atoms with Crippen molar-refractivity contribution in [1.82, 2.24) is 15.1 Å². The third-order valence-corrected chi connectivity index (χ3v) is 8.71. The summed E-state index contributed by atoms with van der Waals surface area (Å²) < 4.78 is 5.17. The van der Waals surface area contributed by atoms with E-state index in [2.05, 4.69) is 16.3 Å². The quantitative estimate of drug-likeness (QED) is 0.532. The van der Waals surface area contributed by atoms with Crippen LogP contribution >= 0.6 is 0 Å². The molecule has 0 radical (unpaired) electrons. The van der Waals surface area contributed by atoms with Crippen molar-refractivity contribution < 1.29 is 19.1 Å². The van der Waals surface area contributed by atoms with Crippen molar-refractivity contribution in [2.24, 2.45) is 11.8 Å². The van der Waals surface area contributed by atoms with Crippen LogP contribution in [0.3, 0.4) is 0 Å². The summed E-state index contributed by atoms with van der Waals surface area (Å²) in [7, 11) is 1.57. The number of imide groups is 1. The first-order valence-corrected chi connectivity index (χ1v) is 13.1. The highest BCUT2D eigenvalue weighted by molar-refractivity contribution is 6.22. The topological polar surface area (TPSA) is 82.2 Å². The zero-order valence-corrected chi connectivity index (χ0v) is 20.3. The molecule has 1 N–H and O–H groups in total. The predicted molar refractivity (Wildman–Crippen MR) is 131 cm³/mol. The molecule has 4 fully saturated rings. The van der Waals surface area contributed by atoms with Crippen LogP contribution in [0.25, 0.3) is 0 Å². The number of hydrogen-bond donors (Lipinski definition) is 1. The highest BCUT2D eigenvalue weighted by atomic mass is 16.5. The molecule has 8 nitrogen and oxygen atoms in total. The van der Waals surface area contributed by atoms with E-state index < -0.39 is 12.1 Å².